The van der Waals surface area contributed by atoms with Crippen molar-refractivity contribution < 1.29 is 23.8 Å². The highest BCUT2D eigenvalue weighted by atomic mass is 35.5. The molecule has 2 heterocycles. The maximum atomic E-state index is 12.0. The minimum Gasteiger partial charge on any atom is -0.454 e. The number of nitrogens with zero attached hydrogens (tertiary/aromatic N) is 1. The first-order chi connectivity index (χ1) is 12.5. The van der Waals surface area contributed by atoms with Crippen LogP contribution in [-0.4, -0.2) is 29.8 Å². The van der Waals surface area contributed by atoms with Gasteiger partial charge in [-0.25, -0.2) is 9.78 Å². The summed E-state index contributed by atoms with van der Waals surface area (Å²) in [5, 5.41) is 2.99. The summed E-state index contributed by atoms with van der Waals surface area (Å²) in [6.45, 7) is 1.65. The lowest BCUT2D eigenvalue weighted by Gasteiger charge is -2.11. The predicted octanol–water partition coefficient (Wildman–Crippen LogP) is 3.05. The van der Waals surface area contributed by atoms with Crippen molar-refractivity contribution in [2.75, 3.05) is 12.1 Å². The van der Waals surface area contributed by atoms with Gasteiger partial charge in [-0.3, -0.25) is 4.79 Å². The van der Waals surface area contributed by atoms with E-state index < -0.39 is 18.0 Å². The van der Waals surface area contributed by atoms with Gasteiger partial charge in [0.2, 0.25) is 6.79 Å². The topological polar surface area (TPSA) is 86.8 Å². The number of hydrogen-bond acceptors (Lipinski definition) is 6. The number of pyridine rings is 1. The maximum absolute atomic E-state index is 12.0. The fourth-order valence-corrected chi connectivity index (χ4v) is 2.24. The van der Waals surface area contributed by atoms with Gasteiger partial charge in [0.1, 0.15) is 5.82 Å². The van der Waals surface area contributed by atoms with E-state index in [1.54, 1.807) is 36.4 Å². The molecule has 0 saturated heterocycles. The molecule has 1 atom stereocenters. The van der Waals surface area contributed by atoms with E-state index in [1.165, 1.54) is 19.2 Å². The van der Waals surface area contributed by atoms with Gasteiger partial charge in [0.25, 0.3) is 5.91 Å². The molecule has 0 radical (unpaired) electrons. The fraction of sp³-hybridized carbons (Fsp3) is 0.167. The molecule has 134 valence electrons. The Morgan fingerprint density at radius 1 is 1.27 bits per heavy atom. The number of nitrogens with one attached hydrogen (secondary N) is 1. The van der Waals surface area contributed by atoms with Crippen LogP contribution in [-0.2, 0) is 14.3 Å². The summed E-state index contributed by atoms with van der Waals surface area (Å²) in [5.41, 5.74) is 0.744. The van der Waals surface area contributed by atoms with Gasteiger partial charge >= 0.3 is 5.97 Å². The van der Waals surface area contributed by atoms with Crippen LogP contribution in [0.25, 0.3) is 6.08 Å². The van der Waals surface area contributed by atoms with Crippen LogP contribution in [0.15, 0.2) is 42.6 Å². The van der Waals surface area contributed by atoms with Gasteiger partial charge < -0.3 is 19.5 Å². The minimum atomic E-state index is -0.985. The molecule has 1 N–H and O–H groups in total. The summed E-state index contributed by atoms with van der Waals surface area (Å²) in [6.07, 6.45) is 3.22. The Hall–Kier alpha value is -3.06. The molecule has 26 heavy (non-hydrogen) atoms. The average molecular weight is 375 g/mol. The van der Waals surface area contributed by atoms with Crippen molar-refractivity contribution in [1.82, 2.24) is 4.98 Å². The van der Waals surface area contributed by atoms with E-state index in [1.807, 2.05) is 0 Å². The summed E-state index contributed by atoms with van der Waals surface area (Å²) in [6, 6.07) is 8.42. The molecule has 1 aliphatic heterocycles. The van der Waals surface area contributed by atoms with E-state index >= 15 is 0 Å². The smallest absolute Gasteiger partial charge is 0.331 e. The molecule has 0 aliphatic carbocycles. The van der Waals surface area contributed by atoms with Crippen molar-refractivity contribution in [3.05, 3.63) is 53.2 Å². The summed E-state index contributed by atoms with van der Waals surface area (Å²) < 4.78 is 15.6. The number of carbonyl (C=O) groups is 2. The largest absolute Gasteiger partial charge is 0.454 e. The molecule has 0 spiro atoms. The number of ether oxygens (including phenoxy) is 3. The molecule has 1 aromatic heterocycles. The minimum absolute atomic E-state index is 0.180. The lowest BCUT2D eigenvalue weighted by atomic mass is 10.2. The zero-order valence-corrected chi connectivity index (χ0v) is 14.5. The summed E-state index contributed by atoms with van der Waals surface area (Å²) in [4.78, 5) is 27.8. The van der Waals surface area contributed by atoms with Gasteiger partial charge in [-0.1, -0.05) is 17.7 Å². The van der Waals surface area contributed by atoms with Gasteiger partial charge in [0, 0.05) is 12.3 Å². The molecule has 1 aliphatic rings. The van der Waals surface area contributed by atoms with Crippen LogP contribution < -0.4 is 14.8 Å². The van der Waals surface area contributed by atoms with Crippen molar-refractivity contribution >= 4 is 35.4 Å². The van der Waals surface area contributed by atoms with Crippen LogP contribution >= 0.6 is 11.6 Å². The Labute approximate surface area is 154 Å². The molecule has 2 aromatic rings. The highest BCUT2D eigenvalue weighted by Crippen LogP contribution is 2.32. The summed E-state index contributed by atoms with van der Waals surface area (Å²) in [7, 11) is 0. The number of anilines is 1. The van der Waals surface area contributed by atoms with Crippen LogP contribution in [0.4, 0.5) is 5.82 Å². The summed E-state index contributed by atoms with van der Waals surface area (Å²) >= 11 is 5.73. The maximum Gasteiger partial charge on any atom is 0.331 e. The van der Waals surface area contributed by atoms with Crippen molar-refractivity contribution in [3.63, 3.8) is 0 Å². The zero-order chi connectivity index (χ0) is 18.5. The molecule has 8 heteroatoms. The van der Waals surface area contributed by atoms with E-state index in [0.29, 0.717) is 22.3 Å². The van der Waals surface area contributed by atoms with Crippen molar-refractivity contribution in [2.24, 2.45) is 0 Å². The average Bonchev–Trinajstić information content (AvgIpc) is 3.09. The molecule has 0 fully saturated rings. The highest BCUT2D eigenvalue weighted by Gasteiger charge is 2.17. The van der Waals surface area contributed by atoms with E-state index in [2.05, 4.69) is 10.3 Å². The van der Waals surface area contributed by atoms with Crippen LogP contribution in [0.1, 0.15) is 12.5 Å². The number of benzene rings is 1. The van der Waals surface area contributed by atoms with Crippen LogP contribution in [0, 0.1) is 0 Å². The van der Waals surface area contributed by atoms with E-state index in [9.17, 15) is 9.59 Å². The number of esters is 1. The lowest BCUT2D eigenvalue weighted by Crippen LogP contribution is -2.29. The first-order valence-electron chi connectivity index (χ1n) is 7.72. The number of hydrogen-bond donors (Lipinski definition) is 1. The Balaban J connectivity index is 1.53. The molecular formula is C18H15ClN2O5. The second kappa shape index (κ2) is 7.88. The van der Waals surface area contributed by atoms with E-state index in [0.717, 1.165) is 5.56 Å². The third-order valence-electron chi connectivity index (χ3n) is 3.45. The zero-order valence-electron chi connectivity index (χ0n) is 13.8. The SMILES string of the molecule is C[C@H](OC(=O)/C=C/c1ccc2c(c1)OCO2)C(=O)Nc1ccc(Cl)cn1. The number of amides is 1. The standard InChI is InChI=1S/C18H15ClN2O5/c1-11(18(23)21-16-6-4-13(19)9-20-16)26-17(22)7-3-12-2-5-14-15(8-12)25-10-24-14/h2-9,11H,10H2,1H3,(H,20,21,23)/b7-3+/t11-/m0/s1. The lowest BCUT2D eigenvalue weighted by molar-refractivity contribution is -0.148. The number of rotatable bonds is 5. The van der Waals surface area contributed by atoms with Gasteiger partial charge in [0.15, 0.2) is 17.6 Å². The fourth-order valence-electron chi connectivity index (χ4n) is 2.13. The number of carbonyl (C=O) groups excluding carboxylic acids is 2. The van der Waals surface area contributed by atoms with Crippen molar-refractivity contribution in [3.8, 4) is 11.5 Å². The third-order valence-corrected chi connectivity index (χ3v) is 3.67. The number of halogens is 1. The Kier molecular flexibility index (Phi) is 5.38. The second-order valence-electron chi connectivity index (χ2n) is 5.38. The molecule has 7 nitrogen and oxygen atoms in total. The first-order valence-corrected chi connectivity index (χ1v) is 8.10. The van der Waals surface area contributed by atoms with E-state index in [4.69, 9.17) is 25.8 Å². The van der Waals surface area contributed by atoms with Gasteiger partial charge in [-0.05, 0) is 42.8 Å². The predicted molar refractivity (Wildman–Crippen MR) is 95.0 cm³/mol. The van der Waals surface area contributed by atoms with Crippen LogP contribution in [0.5, 0.6) is 11.5 Å². The Bertz CT molecular complexity index is 851. The van der Waals surface area contributed by atoms with Gasteiger partial charge in [-0.15, -0.1) is 0 Å². The third kappa shape index (κ3) is 4.52. The first kappa shape index (κ1) is 17.8. The Morgan fingerprint density at radius 2 is 2.08 bits per heavy atom. The highest BCUT2D eigenvalue weighted by molar-refractivity contribution is 6.30. The normalized spacial score (nSPS) is 13.5. The molecule has 0 saturated carbocycles. The van der Waals surface area contributed by atoms with Crippen molar-refractivity contribution in [1.29, 1.82) is 0 Å². The number of aromatic nitrogens is 1. The molecule has 0 bridgehead atoms. The second-order valence-corrected chi connectivity index (χ2v) is 5.81. The molecule has 1 aromatic carbocycles. The number of fused-ring (bicyclic) bond motifs is 1. The monoisotopic (exact) mass is 374 g/mol. The van der Waals surface area contributed by atoms with Crippen molar-refractivity contribution in [2.45, 2.75) is 13.0 Å². The Morgan fingerprint density at radius 3 is 2.85 bits per heavy atom. The molecule has 3 rings (SSSR count). The molecule has 1 amide bonds. The molecular weight excluding hydrogens is 360 g/mol. The van der Waals surface area contributed by atoms with Gasteiger partial charge in [-0.2, -0.15) is 0 Å². The summed E-state index contributed by atoms with van der Waals surface area (Å²) in [5.74, 6) is 0.451. The van der Waals surface area contributed by atoms with Gasteiger partial charge in [0.05, 0.1) is 5.02 Å². The van der Waals surface area contributed by atoms with Crippen LogP contribution in [0.3, 0.4) is 0 Å². The van der Waals surface area contributed by atoms with Crippen LogP contribution in [0.2, 0.25) is 5.02 Å². The quantitative estimate of drug-likeness (QED) is 0.639. The van der Waals surface area contributed by atoms with E-state index in [-0.39, 0.29) is 6.79 Å². The molecule has 0 unspecified atom stereocenters.